The van der Waals surface area contributed by atoms with Gasteiger partial charge in [-0.2, -0.15) is 5.10 Å². The van der Waals surface area contributed by atoms with E-state index in [0.29, 0.717) is 29.2 Å². The van der Waals surface area contributed by atoms with Crippen molar-refractivity contribution in [3.63, 3.8) is 0 Å². The number of anilines is 1. The highest BCUT2D eigenvalue weighted by atomic mass is 32.1. The third kappa shape index (κ3) is 3.65. The molecule has 8 heteroatoms. The normalized spacial score (nSPS) is 14.5. The molecule has 2 heterocycles. The number of thiazole rings is 1. The van der Waals surface area contributed by atoms with Crippen molar-refractivity contribution in [2.45, 2.75) is 19.3 Å². The van der Waals surface area contributed by atoms with Gasteiger partial charge in [0.25, 0.3) is 5.91 Å². The Morgan fingerprint density at radius 2 is 2.17 bits per heavy atom. The van der Waals surface area contributed by atoms with Crippen LogP contribution in [0.2, 0.25) is 0 Å². The second kappa shape index (κ2) is 6.88. The van der Waals surface area contributed by atoms with Gasteiger partial charge < -0.3 is 0 Å². The van der Waals surface area contributed by atoms with Crippen LogP contribution in [-0.2, 0) is 16.0 Å². The van der Waals surface area contributed by atoms with Crippen LogP contribution >= 0.6 is 11.3 Å². The van der Waals surface area contributed by atoms with Gasteiger partial charge in [0.15, 0.2) is 5.13 Å². The van der Waals surface area contributed by atoms with Crippen molar-refractivity contribution in [3.05, 3.63) is 46.7 Å². The Morgan fingerprint density at radius 3 is 2.92 bits per heavy atom. The summed E-state index contributed by atoms with van der Waals surface area (Å²) in [6, 6.07) is 6.56. The molecular formula is C16H15FN4O2S. The van der Waals surface area contributed by atoms with Crippen molar-refractivity contribution < 1.29 is 14.0 Å². The summed E-state index contributed by atoms with van der Waals surface area (Å²) in [6.07, 6.45) is 2.60. The molecule has 0 saturated carbocycles. The maximum atomic E-state index is 13.7. The molecule has 1 N–H and O–H groups in total. The van der Waals surface area contributed by atoms with Gasteiger partial charge in [0.2, 0.25) is 5.91 Å². The molecule has 0 unspecified atom stereocenters. The van der Waals surface area contributed by atoms with E-state index >= 15 is 0 Å². The number of nitrogens with zero attached hydrogens (tertiary/aromatic N) is 3. The Bertz CT molecular complexity index is 818. The fraction of sp³-hybridized carbons (Fsp3) is 0.250. The smallest absolute Gasteiger partial charge is 0.273 e. The number of halogens is 1. The van der Waals surface area contributed by atoms with E-state index in [-0.39, 0.29) is 24.1 Å². The molecule has 3 rings (SSSR count). The molecule has 124 valence electrons. The number of aromatic nitrogens is 1. The predicted molar refractivity (Wildman–Crippen MR) is 89.4 cm³/mol. The van der Waals surface area contributed by atoms with Crippen molar-refractivity contribution in [1.82, 2.24) is 9.99 Å². The molecule has 6 nitrogen and oxygen atoms in total. The largest absolute Gasteiger partial charge is 0.297 e. The van der Waals surface area contributed by atoms with Gasteiger partial charge in [0, 0.05) is 37.4 Å². The molecule has 24 heavy (non-hydrogen) atoms. The van der Waals surface area contributed by atoms with Crippen molar-refractivity contribution in [3.8, 4) is 0 Å². The number of carbonyl (C=O) groups excluding carboxylic acids is 2. The summed E-state index contributed by atoms with van der Waals surface area (Å²) < 4.78 is 13.7. The molecule has 1 aromatic carbocycles. The molecule has 2 aromatic rings. The number of rotatable bonds is 4. The fourth-order valence-electron chi connectivity index (χ4n) is 2.28. The van der Waals surface area contributed by atoms with Crippen molar-refractivity contribution in [1.29, 1.82) is 0 Å². The lowest BCUT2D eigenvalue weighted by Gasteiger charge is -2.18. The molecule has 0 radical (unpaired) electrons. The van der Waals surface area contributed by atoms with Crippen LogP contribution in [0.4, 0.5) is 9.52 Å². The van der Waals surface area contributed by atoms with Crippen LogP contribution in [-0.4, -0.2) is 34.6 Å². The van der Waals surface area contributed by atoms with Gasteiger partial charge in [-0.15, -0.1) is 11.3 Å². The summed E-state index contributed by atoms with van der Waals surface area (Å²) in [5.41, 5.74) is 0.874. The molecular weight excluding hydrogens is 331 g/mol. The number of carbonyl (C=O) groups is 2. The summed E-state index contributed by atoms with van der Waals surface area (Å²) in [5.74, 6) is -0.755. The number of amides is 2. The predicted octanol–water partition coefficient (Wildman–Crippen LogP) is 2.42. The van der Waals surface area contributed by atoms with Crippen LogP contribution in [0.25, 0.3) is 0 Å². The second-order valence-electron chi connectivity index (χ2n) is 5.32. The van der Waals surface area contributed by atoms with Gasteiger partial charge >= 0.3 is 0 Å². The second-order valence-corrected chi connectivity index (χ2v) is 6.43. The van der Waals surface area contributed by atoms with Gasteiger partial charge in [-0.25, -0.2) is 14.4 Å². The molecule has 0 fully saturated rings. The van der Waals surface area contributed by atoms with E-state index in [1.54, 1.807) is 24.4 Å². The van der Waals surface area contributed by atoms with E-state index in [9.17, 15) is 14.0 Å². The van der Waals surface area contributed by atoms with Crippen LogP contribution in [0.1, 0.15) is 23.3 Å². The SMILES string of the molecule is CN1N=C(C(=O)Nc2ncc(Cc3ccccc3F)s2)CCC1=O. The molecule has 1 aliphatic heterocycles. The topological polar surface area (TPSA) is 74.7 Å². The summed E-state index contributed by atoms with van der Waals surface area (Å²) >= 11 is 1.28. The average molecular weight is 346 g/mol. The van der Waals surface area contributed by atoms with E-state index in [2.05, 4.69) is 15.4 Å². The monoisotopic (exact) mass is 346 g/mol. The highest BCUT2D eigenvalue weighted by Crippen LogP contribution is 2.22. The van der Waals surface area contributed by atoms with Gasteiger partial charge in [-0.05, 0) is 11.6 Å². The van der Waals surface area contributed by atoms with Gasteiger partial charge in [-0.3, -0.25) is 14.9 Å². The summed E-state index contributed by atoms with van der Waals surface area (Å²) in [6.45, 7) is 0. The highest BCUT2D eigenvalue weighted by molar-refractivity contribution is 7.15. The lowest BCUT2D eigenvalue weighted by molar-refractivity contribution is -0.130. The van der Waals surface area contributed by atoms with Crippen molar-refractivity contribution >= 4 is 34.0 Å². The van der Waals surface area contributed by atoms with Crippen molar-refractivity contribution in [2.75, 3.05) is 12.4 Å². The fourth-order valence-corrected chi connectivity index (χ4v) is 3.11. The Labute approximate surface area is 142 Å². The standard InChI is InChI=1S/C16H15FN4O2S/c1-21-14(22)7-6-13(20-21)15(23)19-16-18-9-11(24-16)8-10-4-2-3-5-12(10)17/h2-5,9H,6-8H2,1H3,(H,18,19,23). The lowest BCUT2D eigenvalue weighted by atomic mass is 10.1. The summed E-state index contributed by atoms with van der Waals surface area (Å²) in [4.78, 5) is 28.5. The quantitative estimate of drug-likeness (QED) is 0.924. The minimum atomic E-state index is -0.374. The van der Waals surface area contributed by atoms with Crippen molar-refractivity contribution in [2.24, 2.45) is 5.10 Å². The van der Waals surface area contributed by atoms with Crippen LogP contribution in [0.3, 0.4) is 0 Å². The van der Waals surface area contributed by atoms with E-state index in [1.165, 1.54) is 29.5 Å². The Kier molecular flexibility index (Phi) is 4.66. The van der Waals surface area contributed by atoms with Crippen LogP contribution in [0.5, 0.6) is 0 Å². The first kappa shape index (κ1) is 16.3. The van der Waals surface area contributed by atoms with Gasteiger partial charge in [0.1, 0.15) is 11.5 Å². The molecule has 0 bridgehead atoms. The number of hydrogen-bond donors (Lipinski definition) is 1. The lowest BCUT2D eigenvalue weighted by Crippen LogP contribution is -2.34. The summed E-state index contributed by atoms with van der Waals surface area (Å²) in [7, 11) is 1.52. The third-order valence-corrected chi connectivity index (χ3v) is 4.48. The third-order valence-electron chi connectivity index (χ3n) is 3.57. The zero-order chi connectivity index (χ0) is 17.1. The van der Waals surface area contributed by atoms with Gasteiger partial charge in [-0.1, -0.05) is 18.2 Å². The molecule has 1 aliphatic rings. The molecule has 0 aliphatic carbocycles. The highest BCUT2D eigenvalue weighted by Gasteiger charge is 2.22. The number of benzene rings is 1. The number of hydrogen-bond acceptors (Lipinski definition) is 5. The summed E-state index contributed by atoms with van der Waals surface area (Å²) in [5, 5.41) is 8.23. The minimum absolute atomic E-state index is 0.118. The number of nitrogens with one attached hydrogen (secondary N) is 1. The maximum absolute atomic E-state index is 13.7. The first-order valence-corrected chi connectivity index (χ1v) is 8.18. The van der Waals surface area contributed by atoms with Crippen LogP contribution in [0, 0.1) is 5.82 Å². The van der Waals surface area contributed by atoms with E-state index in [1.807, 2.05) is 0 Å². The Balaban J connectivity index is 1.66. The van der Waals surface area contributed by atoms with E-state index in [0.717, 1.165) is 4.88 Å². The molecule has 2 amide bonds. The minimum Gasteiger partial charge on any atom is -0.297 e. The molecule has 0 atom stereocenters. The Hall–Kier alpha value is -2.61. The first-order valence-electron chi connectivity index (χ1n) is 7.36. The molecule has 0 saturated heterocycles. The first-order chi connectivity index (χ1) is 11.5. The maximum Gasteiger partial charge on any atom is 0.273 e. The van der Waals surface area contributed by atoms with Gasteiger partial charge in [0.05, 0.1) is 0 Å². The average Bonchev–Trinajstić information content (AvgIpc) is 2.99. The molecule has 1 aromatic heterocycles. The molecule has 0 spiro atoms. The zero-order valence-corrected chi connectivity index (χ0v) is 13.8. The zero-order valence-electron chi connectivity index (χ0n) is 13.0. The van der Waals surface area contributed by atoms with E-state index < -0.39 is 0 Å². The Morgan fingerprint density at radius 1 is 1.38 bits per heavy atom. The number of hydrazone groups is 1. The van der Waals surface area contributed by atoms with Crippen LogP contribution in [0.15, 0.2) is 35.6 Å². The van der Waals surface area contributed by atoms with Crippen LogP contribution < -0.4 is 5.32 Å². The van der Waals surface area contributed by atoms with E-state index in [4.69, 9.17) is 0 Å².